The van der Waals surface area contributed by atoms with Crippen molar-refractivity contribution in [3.8, 4) is 0 Å². The molecule has 1 aliphatic carbocycles. The van der Waals surface area contributed by atoms with Crippen LogP contribution in [-0.2, 0) is 9.47 Å². The number of hydrogen-bond acceptors (Lipinski definition) is 2. The van der Waals surface area contributed by atoms with Crippen molar-refractivity contribution >= 4 is 14.3 Å². The number of methoxy groups -OCH3 is 2. The Morgan fingerprint density at radius 1 is 1.38 bits per heavy atom. The highest BCUT2D eigenvalue weighted by Gasteiger charge is 2.25. The highest BCUT2D eigenvalue weighted by atomic mass is 31.0. The first kappa shape index (κ1) is 11.2. The van der Waals surface area contributed by atoms with E-state index in [2.05, 4.69) is 8.86 Å². The van der Waals surface area contributed by atoms with Gasteiger partial charge in [0.2, 0.25) is 0 Å². The lowest BCUT2D eigenvalue weighted by Crippen LogP contribution is -2.23. The molecule has 1 unspecified atom stereocenters. The summed E-state index contributed by atoms with van der Waals surface area (Å²) in [5, 5.41) is 0. The Bertz CT molecular complexity index is 164. The summed E-state index contributed by atoms with van der Waals surface area (Å²) in [4.78, 5) is 0. The van der Waals surface area contributed by atoms with Gasteiger partial charge in [0.25, 0.3) is 0 Å². The molecule has 0 aromatic heterocycles. The van der Waals surface area contributed by atoms with Gasteiger partial charge in [0.05, 0.1) is 11.6 Å². The Morgan fingerprint density at radius 3 is 2.46 bits per heavy atom. The van der Waals surface area contributed by atoms with E-state index in [1.54, 1.807) is 14.2 Å². The predicted molar refractivity (Wildman–Crippen MR) is 57.7 cm³/mol. The van der Waals surface area contributed by atoms with Crippen LogP contribution >= 0.6 is 8.86 Å². The minimum absolute atomic E-state index is 0.329. The Hall–Kier alpha value is 0.0900. The summed E-state index contributed by atoms with van der Waals surface area (Å²) < 4.78 is 10.6. The van der Waals surface area contributed by atoms with Gasteiger partial charge in [-0.05, 0) is 18.8 Å². The van der Waals surface area contributed by atoms with Gasteiger partial charge in [0, 0.05) is 20.6 Å². The average Bonchev–Trinajstić information content (AvgIpc) is 2.66. The monoisotopic (exact) mass is 202 g/mol. The molecule has 1 aliphatic rings. The maximum Gasteiger partial charge on any atom is 0.0735 e. The lowest BCUT2D eigenvalue weighted by atomic mass is 9.98. The third-order valence-corrected chi connectivity index (χ3v) is 3.27. The first-order valence-corrected chi connectivity index (χ1v) is 5.42. The molecular formula is C10H19O2P. The van der Waals surface area contributed by atoms with Crippen molar-refractivity contribution in [2.45, 2.75) is 38.2 Å². The van der Waals surface area contributed by atoms with Crippen LogP contribution in [0.4, 0.5) is 0 Å². The first-order valence-electron chi connectivity index (χ1n) is 4.92. The molecule has 0 aromatic rings. The Kier molecular flexibility index (Phi) is 4.93. The van der Waals surface area contributed by atoms with E-state index < -0.39 is 0 Å². The van der Waals surface area contributed by atoms with Crippen LogP contribution in [0, 0.1) is 5.92 Å². The molecule has 0 N–H and O–H groups in total. The van der Waals surface area contributed by atoms with Gasteiger partial charge >= 0.3 is 0 Å². The molecule has 1 rings (SSSR count). The van der Waals surface area contributed by atoms with E-state index in [0.717, 1.165) is 17.8 Å². The fraction of sp³-hybridized carbons (Fsp3) is 0.900. The van der Waals surface area contributed by atoms with Crippen molar-refractivity contribution in [2.24, 2.45) is 5.92 Å². The van der Waals surface area contributed by atoms with Crippen LogP contribution in [0.5, 0.6) is 0 Å². The highest BCUT2D eigenvalue weighted by Crippen LogP contribution is 2.30. The van der Waals surface area contributed by atoms with Crippen LogP contribution in [0.2, 0.25) is 0 Å². The molecule has 76 valence electrons. The van der Waals surface area contributed by atoms with Crippen LogP contribution in [-0.4, -0.2) is 25.8 Å². The Labute approximate surface area is 82.8 Å². The van der Waals surface area contributed by atoms with Crippen LogP contribution in [0.15, 0.2) is 0 Å². The van der Waals surface area contributed by atoms with Crippen molar-refractivity contribution in [3.63, 3.8) is 0 Å². The van der Waals surface area contributed by atoms with Gasteiger partial charge in [-0.25, -0.2) is 0 Å². The number of hydrogen-bond donors (Lipinski definition) is 0. The van der Waals surface area contributed by atoms with E-state index in [0.29, 0.717) is 6.10 Å². The molecule has 0 bridgehead atoms. The molecule has 0 spiro atoms. The molecule has 13 heavy (non-hydrogen) atoms. The standard InChI is InChI=1S/C10H19O2P/c1-11-9(7-10(13)12-2)8-5-3-4-6-8/h8-9,13H,3-7H2,1-2H3. The summed E-state index contributed by atoms with van der Waals surface area (Å²) in [5.74, 6) is 0.728. The zero-order valence-corrected chi connectivity index (χ0v) is 9.51. The molecule has 0 heterocycles. The SMILES string of the molecule is COC(=P)CC(OC)C1CCCC1. The predicted octanol–water partition coefficient (Wildman–Crippen LogP) is 2.50. The Balaban J connectivity index is 2.37. The summed E-state index contributed by atoms with van der Waals surface area (Å²) in [6.07, 6.45) is 6.52. The van der Waals surface area contributed by atoms with Crippen molar-refractivity contribution < 1.29 is 9.47 Å². The fourth-order valence-corrected chi connectivity index (χ4v) is 2.24. The normalized spacial score (nSPS) is 20.5. The van der Waals surface area contributed by atoms with Crippen molar-refractivity contribution in [1.82, 2.24) is 0 Å². The Morgan fingerprint density at radius 2 is 2.00 bits per heavy atom. The van der Waals surface area contributed by atoms with Crippen molar-refractivity contribution in [3.05, 3.63) is 0 Å². The van der Waals surface area contributed by atoms with Gasteiger partial charge in [0.1, 0.15) is 0 Å². The zero-order chi connectivity index (χ0) is 9.68. The lowest BCUT2D eigenvalue weighted by Gasteiger charge is -2.21. The molecule has 0 radical (unpaired) electrons. The van der Waals surface area contributed by atoms with Gasteiger partial charge in [0.15, 0.2) is 0 Å². The van der Waals surface area contributed by atoms with Crippen molar-refractivity contribution in [1.29, 1.82) is 0 Å². The smallest absolute Gasteiger partial charge is 0.0735 e. The molecular weight excluding hydrogens is 183 g/mol. The lowest BCUT2D eigenvalue weighted by molar-refractivity contribution is 0.0570. The quantitative estimate of drug-likeness (QED) is 0.638. The molecule has 1 fully saturated rings. The molecule has 1 atom stereocenters. The second kappa shape index (κ2) is 5.74. The average molecular weight is 202 g/mol. The largest absolute Gasteiger partial charge is 0.381 e. The van der Waals surface area contributed by atoms with Crippen LogP contribution in [0.3, 0.4) is 0 Å². The van der Waals surface area contributed by atoms with Crippen LogP contribution in [0.25, 0.3) is 0 Å². The molecule has 3 heteroatoms. The molecule has 0 saturated heterocycles. The number of rotatable bonds is 5. The highest BCUT2D eigenvalue weighted by molar-refractivity contribution is 7.20. The van der Waals surface area contributed by atoms with E-state index in [4.69, 9.17) is 9.47 Å². The first-order chi connectivity index (χ1) is 6.27. The fourth-order valence-electron chi connectivity index (χ4n) is 2.04. The molecule has 0 amide bonds. The topological polar surface area (TPSA) is 18.5 Å². The van der Waals surface area contributed by atoms with E-state index in [9.17, 15) is 0 Å². The van der Waals surface area contributed by atoms with Gasteiger partial charge in [-0.3, -0.25) is 0 Å². The van der Waals surface area contributed by atoms with Gasteiger partial charge in [-0.1, -0.05) is 21.7 Å². The van der Waals surface area contributed by atoms with Crippen LogP contribution < -0.4 is 0 Å². The van der Waals surface area contributed by atoms with Crippen molar-refractivity contribution in [2.75, 3.05) is 14.2 Å². The van der Waals surface area contributed by atoms with Crippen LogP contribution in [0.1, 0.15) is 32.1 Å². The second-order valence-corrected chi connectivity index (χ2v) is 4.21. The van der Waals surface area contributed by atoms with E-state index in [1.165, 1.54) is 25.7 Å². The molecule has 0 aromatic carbocycles. The second-order valence-electron chi connectivity index (χ2n) is 3.65. The third kappa shape index (κ3) is 3.38. The minimum Gasteiger partial charge on any atom is -0.381 e. The summed E-state index contributed by atoms with van der Waals surface area (Å²) >= 11 is 0. The van der Waals surface area contributed by atoms with Gasteiger partial charge < -0.3 is 9.47 Å². The summed E-state index contributed by atoms with van der Waals surface area (Å²) in [6.45, 7) is 0. The molecule has 2 nitrogen and oxygen atoms in total. The summed E-state index contributed by atoms with van der Waals surface area (Å²) in [7, 11) is 6.90. The maximum atomic E-state index is 5.47. The van der Waals surface area contributed by atoms with Gasteiger partial charge in [-0.2, -0.15) is 0 Å². The third-order valence-electron chi connectivity index (χ3n) is 2.86. The van der Waals surface area contributed by atoms with Gasteiger partial charge in [-0.15, -0.1) is 0 Å². The van der Waals surface area contributed by atoms with E-state index in [1.807, 2.05) is 0 Å². The number of ether oxygens (including phenoxy) is 2. The maximum absolute atomic E-state index is 5.47. The molecule has 1 saturated carbocycles. The minimum atomic E-state index is 0.329. The summed E-state index contributed by atoms with van der Waals surface area (Å²) in [6, 6.07) is 0. The molecule has 0 aliphatic heterocycles. The van der Waals surface area contributed by atoms with E-state index >= 15 is 0 Å². The van der Waals surface area contributed by atoms with E-state index in [-0.39, 0.29) is 0 Å². The zero-order valence-electron chi connectivity index (χ0n) is 8.51. The summed E-state index contributed by atoms with van der Waals surface area (Å²) in [5.41, 5.74) is 0.888.